The maximum atomic E-state index is 10.7. The molecule has 13 nitrogen and oxygen atoms in total. The molecule has 28 heavy (non-hydrogen) atoms. The van der Waals surface area contributed by atoms with Crippen LogP contribution in [-0.4, -0.2) is 59.9 Å². The minimum Gasteiger partial charge on any atom is -0.480 e. The van der Waals surface area contributed by atoms with Crippen LogP contribution in [0, 0.1) is 17.0 Å². The number of alkyl halides is 1. The zero-order valence-electron chi connectivity index (χ0n) is 15.2. The second-order valence-corrected chi connectivity index (χ2v) is 7.13. The number of unbranched alkanes of at least 4 members (excludes halogenated alkanes) is 1. The zero-order chi connectivity index (χ0) is 21.9. The molecule has 0 saturated heterocycles. The number of carboxylic acid groups (broad SMARTS) is 1. The molecule has 0 aliphatic carbocycles. The van der Waals surface area contributed by atoms with Crippen LogP contribution in [0.4, 0.5) is 5.82 Å². The number of imidazole rings is 1. The van der Waals surface area contributed by atoms with E-state index in [-0.39, 0.29) is 18.2 Å². The highest BCUT2D eigenvalue weighted by atomic mass is 35.5. The highest BCUT2D eigenvalue weighted by Gasteiger charge is 2.27. The molecule has 0 fully saturated rings. The van der Waals surface area contributed by atoms with Crippen LogP contribution in [0.1, 0.15) is 25.1 Å². The van der Waals surface area contributed by atoms with E-state index in [1.54, 1.807) is 0 Å². The molecular weight excluding hydrogens is 421 g/mol. The van der Waals surface area contributed by atoms with Crippen molar-refractivity contribution in [3.8, 4) is 0 Å². The molecule has 2 atom stereocenters. The number of aromatic nitrogens is 2. The molecule has 0 saturated carbocycles. The number of hydrogen-bond donors (Lipinski definition) is 5. The number of carboxylic acids is 1. The molecule has 162 valence electrons. The number of nitro groups is 1. The minimum absolute atomic E-state index is 0.170. The number of aryl methyl sites for hydroxylation is 1. The van der Waals surface area contributed by atoms with Crippen LogP contribution < -0.4 is 11.5 Å². The lowest BCUT2D eigenvalue weighted by molar-refractivity contribution is -0.392. The first-order valence-corrected chi connectivity index (χ1v) is 10.1. The molecule has 0 aromatic carbocycles. The highest BCUT2D eigenvalue weighted by Crippen LogP contribution is 2.38. The number of carbonyl (C=O) groups is 1. The second kappa shape index (κ2) is 12.8. The monoisotopic (exact) mass is 445 g/mol. The van der Waals surface area contributed by atoms with Crippen molar-refractivity contribution in [3.05, 3.63) is 22.1 Å². The summed E-state index contributed by atoms with van der Waals surface area (Å²) in [6.07, 6.45) is 2.16. The van der Waals surface area contributed by atoms with Crippen molar-refractivity contribution in [2.24, 2.45) is 11.5 Å². The van der Waals surface area contributed by atoms with Gasteiger partial charge in [0.05, 0.1) is 5.88 Å². The Morgan fingerprint density at radius 3 is 2.54 bits per heavy atom. The van der Waals surface area contributed by atoms with Crippen molar-refractivity contribution in [1.29, 1.82) is 0 Å². The maximum Gasteiger partial charge on any atom is 0.470 e. The predicted octanol–water partition coefficient (Wildman–Crippen LogP) is 0.344. The molecule has 1 rings (SSSR count). The summed E-state index contributed by atoms with van der Waals surface area (Å²) < 4.78 is 16.3. The van der Waals surface area contributed by atoms with Gasteiger partial charge in [-0.1, -0.05) is 6.42 Å². The van der Waals surface area contributed by atoms with E-state index in [2.05, 4.69) is 9.51 Å². The molecule has 0 aliphatic heterocycles. The molecule has 1 unspecified atom stereocenters. The van der Waals surface area contributed by atoms with E-state index in [1.165, 1.54) is 11.5 Å². The Labute approximate surface area is 166 Å². The van der Waals surface area contributed by atoms with Gasteiger partial charge in [-0.2, -0.15) is 0 Å². The van der Waals surface area contributed by atoms with Gasteiger partial charge in [0.1, 0.15) is 24.9 Å². The van der Waals surface area contributed by atoms with E-state index >= 15 is 0 Å². The van der Waals surface area contributed by atoms with E-state index < -0.39 is 30.9 Å². The van der Waals surface area contributed by atoms with Crippen molar-refractivity contribution in [1.82, 2.24) is 9.55 Å². The first-order valence-electron chi connectivity index (χ1n) is 8.07. The van der Waals surface area contributed by atoms with Crippen LogP contribution in [0.15, 0.2) is 6.20 Å². The summed E-state index contributed by atoms with van der Waals surface area (Å²) >= 11 is 5.50. The molecule has 0 spiro atoms. The fourth-order valence-electron chi connectivity index (χ4n) is 1.97. The third-order valence-corrected chi connectivity index (χ3v) is 4.27. The summed E-state index contributed by atoms with van der Waals surface area (Å²) in [5.41, 5.74) is 10.4. The Morgan fingerprint density at radius 2 is 2.11 bits per heavy atom. The van der Waals surface area contributed by atoms with Crippen LogP contribution in [0.2, 0.25) is 0 Å². The summed E-state index contributed by atoms with van der Waals surface area (Å²) in [5, 5.41) is 19.0. The lowest BCUT2D eigenvalue weighted by atomic mass is 10.1. The molecule has 0 bridgehead atoms. The third kappa shape index (κ3) is 10.7. The average molecular weight is 446 g/mol. The van der Waals surface area contributed by atoms with Crippen molar-refractivity contribution >= 4 is 31.2 Å². The predicted molar refractivity (Wildman–Crippen MR) is 99.8 cm³/mol. The molecule has 0 radical (unpaired) electrons. The molecule has 1 heterocycles. The van der Waals surface area contributed by atoms with Gasteiger partial charge in [0.25, 0.3) is 0 Å². The van der Waals surface area contributed by atoms with E-state index in [0.717, 1.165) is 19.0 Å². The lowest BCUT2D eigenvalue weighted by Crippen LogP contribution is -2.29. The fourth-order valence-corrected chi connectivity index (χ4v) is 2.75. The number of aliphatic carboxylic acids is 1. The van der Waals surface area contributed by atoms with E-state index in [9.17, 15) is 19.5 Å². The van der Waals surface area contributed by atoms with Crippen LogP contribution in [0.25, 0.3) is 0 Å². The standard InChI is InChI=1S/C7H11ClN3O6P.C6H14N2O2/c1-5-9-3-7(11(12)13)10(5)4-6(2-8)17-18(14,15)16;7-4-2-1-3-5(8)6(9)10/h3,6H,2,4H2,1H3,(H2,14,15,16);5H,1-4,7-8H2,(H,9,10)/t6-;/m1./s1. The number of halogens is 1. The van der Waals surface area contributed by atoms with E-state index in [0.29, 0.717) is 18.8 Å². The van der Waals surface area contributed by atoms with E-state index in [1.807, 2.05) is 0 Å². The summed E-state index contributed by atoms with van der Waals surface area (Å²) in [6.45, 7) is 1.96. The van der Waals surface area contributed by atoms with Gasteiger partial charge in [0.15, 0.2) is 5.82 Å². The van der Waals surface area contributed by atoms with Crippen LogP contribution in [0.3, 0.4) is 0 Å². The van der Waals surface area contributed by atoms with Gasteiger partial charge in [-0.15, -0.1) is 11.6 Å². The molecule has 15 heteroatoms. The Bertz CT molecular complexity index is 682. The Morgan fingerprint density at radius 1 is 1.50 bits per heavy atom. The molecule has 1 aromatic rings. The maximum absolute atomic E-state index is 10.7. The molecule has 1 aromatic heterocycles. The molecule has 0 aliphatic rings. The third-order valence-electron chi connectivity index (χ3n) is 3.35. The van der Waals surface area contributed by atoms with Gasteiger partial charge >= 0.3 is 19.6 Å². The zero-order valence-corrected chi connectivity index (χ0v) is 16.8. The van der Waals surface area contributed by atoms with Gasteiger partial charge in [0, 0.05) is 6.92 Å². The topological polar surface area (TPSA) is 217 Å². The van der Waals surface area contributed by atoms with Gasteiger partial charge in [0.2, 0.25) is 0 Å². The van der Waals surface area contributed by atoms with Crippen molar-refractivity contribution < 1.29 is 33.7 Å². The summed E-state index contributed by atoms with van der Waals surface area (Å²) in [7, 11) is -4.70. The number of nitrogens with two attached hydrogens (primary N) is 2. The van der Waals surface area contributed by atoms with Crippen LogP contribution >= 0.6 is 19.4 Å². The average Bonchev–Trinajstić information content (AvgIpc) is 2.94. The lowest BCUT2D eigenvalue weighted by Gasteiger charge is -2.14. The first-order chi connectivity index (χ1) is 12.9. The van der Waals surface area contributed by atoms with Crippen molar-refractivity contribution in [2.75, 3.05) is 12.4 Å². The number of rotatable bonds is 11. The van der Waals surface area contributed by atoms with Crippen LogP contribution in [-0.2, 0) is 20.4 Å². The van der Waals surface area contributed by atoms with Gasteiger partial charge in [-0.25, -0.2) is 14.1 Å². The fraction of sp³-hybridized carbons (Fsp3) is 0.692. The first kappa shape index (κ1) is 26.4. The van der Waals surface area contributed by atoms with E-state index in [4.69, 9.17) is 38.0 Å². The normalized spacial score (nSPS) is 13.4. The number of phosphoric acid groups is 1. The second-order valence-electron chi connectivity index (χ2n) is 5.63. The molecule has 0 amide bonds. The largest absolute Gasteiger partial charge is 0.480 e. The summed E-state index contributed by atoms with van der Waals surface area (Å²) in [6, 6.07) is -0.716. The highest BCUT2D eigenvalue weighted by molar-refractivity contribution is 7.46. The SMILES string of the molecule is Cc1ncc([N+](=O)[O-])n1C[C@@H](CCl)OP(=O)(O)O.NCCCCC(N)C(=O)O. The smallest absolute Gasteiger partial charge is 0.470 e. The van der Waals surface area contributed by atoms with Gasteiger partial charge < -0.3 is 36.5 Å². The summed E-state index contributed by atoms with van der Waals surface area (Å²) in [5.74, 6) is -1.13. The van der Waals surface area contributed by atoms with Gasteiger partial charge in [-0.05, 0) is 24.3 Å². The number of hydrogen-bond acceptors (Lipinski definition) is 8. The number of phosphoric ester groups is 1. The summed E-state index contributed by atoms with van der Waals surface area (Å²) in [4.78, 5) is 41.3. The Balaban J connectivity index is 0.000000621. The Kier molecular flexibility index (Phi) is 12.0. The molecule has 7 N–H and O–H groups in total. The number of nitrogens with zero attached hydrogens (tertiary/aromatic N) is 3. The quantitative estimate of drug-likeness (QED) is 0.103. The molecular formula is C13H25ClN5O8P. The van der Waals surface area contributed by atoms with Crippen LogP contribution in [0.5, 0.6) is 0 Å². The minimum atomic E-state index is -4.70. The van der Waals surface area contributed by atoms with Crippen molar-refractivity contribution in [3.63, 3.8) is 0 Å². The van der Waals surface area contributed by atoms with Gasteiger partial charge in [-0.3, -0.25) is 9.32 Å². The van der Waals surface area contributed by atoms with Crippen molar-refractivity contribution in [2.45, 2.75) is 44.9 Å². The Hall–Kier alpha value is -1.60.